The first-order valence-electron chi connectivity index (χ1n) is 9.19. The molecule has 2 N–H and O–H groups in total. The zero-order chi connectivity index (χ0) is 16.8. The fourth-order valence-corrected chi connectivity index (χ4v) is 4.02. The molecule has 1 aliphatic carbocycles. The number of aliphatic hydroxyl groups excluding tert-OH is 1. The van der Waals surface area contributed by atoms with Crippen LogP contribution in [0.4, 0.5) is 0 Å². The Morgan fingerprint density at radius 3 is 2.65 bits per heavy atom. The lowest BCUT2D eigenvalue weighted by atomic mass is 9.94. The highest BCUT2D eigenvalue weighted by atomic mass is 16.3. The van der Waals surface area contributed by atoms with E-state index in [1.54, 1.807) is 0 Å². The summed E-state index contributed by atoms with van der Waals surface area (Å²) < 4.78 is 0. The van der Waals surface area contributed by atoms with E-state index in [4.69, 9.17) is 5.11 Å². The van der Waals surface area contributed by atoms with Gasteiger partial charge in [0.05, 0.1) is 5.92 Å². The number of nitrogens with zero attached hydrogens (tertiary/aromatic N) is 1. The summed E-state index contributed by atoms with van der Waals surface area (Å²) in [4.78, 5) is 26.5. The van der Waals surface area contributed by atoms with Gasteiger partial charge >= 0.3 is 0 Å². The number of hydrogen-bond acceptors (Lipinski definition) is 3. The second-order valence-corrected chi connectivity index (χ2v) is 7.64. The Balaban J connectivity index is 1.80. The molecule has 1 heterocycles. The molecule has 0 radical (unpaired) electrons. The highest BCUT2D eigenvalue weighted by Crippen LogP contribution is 2.29. The van der Waals surface area contributed by atoms with Gasteiger partial charge in [-0.15, -0.1) is 0 Å². The fraction of sp³-hybridized carbons (Fsp3) is 0.889. The Morgan fingerprint density at radius 1 is 1.35 bits per heavy atom. The molecule has 2 aliphatic rings. The average molecular weight is 324 g/mol. The van der Waals surface area contributed by atoms with Crippen molar-refractivity contribution in [2.24, 2.45) is 17.8 Å². The SMILES string of the molecule is CC(C)CC(CCO)CNC(=O)C1CC(=O)N(C2CCCC2)C1. The molecular formula is C18H32N2O3. The number of aliphatic hydroxyl groups is 1. The number of rotatable bonds is 8. The lowest BCUT2D eigenvalue weighted by Crippen LogP contribution is -2.38. The van der Waals surface area contributed by atoms with Crippen LogP contribution in [-0.4, -0.2) is 47.6 Å². The first-order valence-corrected chi connectivity index (χ1v) is 9.19. The Kier molecular flexibility index (Phi) is 6.88. The molecule has 2 rings (SSSR count). The van der Waals surface area contributed by atoms with Crippen LogP contribution in [0.5, 0.6) is 0 Å². The summed E-state index contributed by atoms with van der Waals surface area (Å²) in [6.45, 7) is 5.66. The van der Waals surface area contributed by atoms with E-state index in [1.807, 2.05) is 4.90 Å². The summed E-state index contributed by atoms with van der Waals surface area (Å²) in [6.07, 6.45) is 6.65. The third kappa shape index (κ3) is 5.20. The fourth-order valence-electron chi connectivity index (χ4n) is 4.02. The van der Waals surface area contributed by atoms with Crippen molar-refractivity contribution in [3.8, 4) is 0 Å². The molecule has 1 saturated heterocycles. The standard InChI is InChI=1S/C18H32N2O3/c1-13(2)9-14(7-8-21)11-19-18(23)15-10-17(22)20(12-15)16-5-3-4-6-16/h13-16,21H,3-12H2,1-2H3,(H,19,23). The van der Waals surface area contributed by atoms with Gasteiger partial charge in [-0.25, -0.2) is 0 Å². The van der Waals surface area contributed by atoms with Crippen molar-refractivity contribution in [1.29, 1.82) is 0 Å². The summed E-state index contributed by atoms with van der Waals surface area (Å²) in [6, 6.07) is 0.364. The van der Waals surface area contributed by atoms with Gasteiger partial charge in [-0.1, -0.05) is 26.7 Å². The van der Waals surface area contributed by atoms with Crippen LogP contribution in [-0.2, 0) is 9.59 Å². The Morgan fingerprint density at radius 2 is 2.04 bits per heavy atom. The Bertz CT molecular complexity index is 405. The molecule has 2 atom stereocenters. The third-order valence-corrected chi connectivity index (χ3v) is 5.20. The summed E-state index contributed by atoms with van der Waals surface area (Å²) >= 11 is 0. The third-order valence-electron chi connectivity index (χ3n) is 5.20. The molecule has 132 valence electrons. The van der Waals surface area contributed by atoms with E-state index in [1.165, 1.54) is 12.8 Å². The van der Waals surface area contributed by atoms with Crippen LogP contribution in [0.25, 0.3) is 0 Å². The molecule has 0 spiro atoms. The van der Waals surface area contributed by atoms with Crippen molar-refractivity contribution in [2.75, 3.05) is 19.7 Å². The van der Waals surface area contributed by atoms with Crippen molar-refractivity contribution in [2.45, 2.75) is 64.8 Å². The van der Waals surface area contributed by atoms with E-state index in [0.29, 0.717) is 37.4 Å². The van der Waals surface area contributed by atoms with Crippen molar-refractivity contribution in [3.63, 3.8) is 0 Å². The van der Waals surface area contributed by atoms with Gasteiger partial charge in [-0.05, 0) is 37.5 Å². The minimum absolute atomic E-state index is 0.00513. The van der Waals surface area contributed by atoms with Crippen LogP contribution >= 0.6 is 0 Å². The molecule has 5 heteroatoms. The number of amides is 2. The molecule has 2 amide bonds. The van der Waals surface area contributed by atoms with Crippen molar-refractivity contribution >= 4 is 11.8 Å². The average Bonchev–Trinajstić information content (AvgIpc) is 3.13. The minimum Gasteiger partial charge on any atom is -0.396 e. The van der Waals surface area contributed by atoms with E-state index in [9.17, 15) is 9.59 Å². The zero-order valence-electron chi connectivity index (χ0n) is 14.6. The lowest BCUT2D eigenvalue weighted by molar-refractivity contribution is -0.130. The number of carbonyl (C=O) groups excluding carboxylic acids is 2. The van der Waals surface area contributed by atoms with Gasteiger partial charge < -0.3 is 15.3 Å². The predicted molar refractivity (Wildman–Crippen MR) is 89.7 cm³/mol. The Labute approximate surface area is 139 Å². The van der Waals surface area contributed by atoms with Gasteiger partial charge in [0.15, 0.2) is 0 Å². The smallest absolute Gasteiger partial charge is 0.225 e. The molecule has 0 aromatic carbocycles. The van der Waals surface area contributed by atoms with Gasteiger partial charge in [0, 0.05) is 32.2 Å². The maximum atomic E-state index is 12.4. The first-order chi connectivity index (χ1) is 11.0. The summed E-state index contributed by atoms with van der Waals surface area (Å²) in [5.74, 6) is 0.815. The summed E-state index contributed by atoms with van der Waals surface area (Å²) in [5, 5.41) is 12.2. The molecule has 0 aromatic heterocycles. The molecule has 1 saturated carbocycles. The second kappa shape index (κ2) is 8.67. The van der Waals surface area contributed by atoms with Gasteiger partial charge in [0.25, 0.3) is 0 Å². The van der Waals surface area contributed by atoms with Gasteiger partial charge in [0.1, 0.15) is 0 Å². The number of nitrogens with one attached hydrogen (secondary N) is 1. The Hall–Kier alpha value is -1.10. The molecule has 0 bridgehead atoms. The quantitative estimate of drug-likeness (QED) is 0.717. The van der Waals surface area contributed by atoms with E-state index < -0.39 is 0 Å². The van der Waals surface area contributed by atoms with Crippen molar-refractivity contribution < 1.29 is 14.7 Å². The van der Waals surface area contributed by atoms with Crippen molar-refractivity contribution in [1.82, 2.24) is 10.2 Å². The molecule has 2 unspecified atom stereocenters. The van der Waals surface area contributed by atoms with Gasteiger partial charge in [0.2, 0.25) is 11.8 Å². The van der Waals surface area contributed by atoms with Gasteiger partial charge in [-0.3, -0.25) is 9.59 Å². The number of likely N-dealkylation sites (tertiary alicyclic amines) is 1. The number of carbonyl (C=O) groups is 2. The monoisotopic (exact) mass is 324 g/mol. The van der Waals surface area contributed by atoms with Crippen LogP contribution in [0.3, 0.4) is 0 Å². The minimum atomic E-state index is -0.197. The van der Waals surface area contributed by atoms with Crippen LogP contribution in [0.1, 0.15) is 58.8 Å². The maximum absolute atomic E-state index is 12.4. The van der Waals surface area contributed by atoms with E-state index in [-0.39, 0.29) is 24.3 Å². The molecule has 0 aromatic rings. The lowest BCUT2D eigenvalue weighted by Gasteiger charge is -2.24. The van der Waals surface area contributed by atoms with Crippen LogP contribution in [0.15, 0.2) is 0 Å². The van der Waals surface area contributed by atoms with Crippen LogP contribution in [0.2, 0.25) is 0 Å². The van der Waals surface area contributed by atoms with Gasteiger partial charge in [-0.2, -0.15) is 0 Å². The van der Waals surface area contributed by atoms with Crippen molar-refractivity contribution in [3.05, 3.63) is 0 Å². The molecular weight excluding hydrogens is 292 g/mol. The predicted octanol–water partition coefficient (Wildman–Crippen LogP) is 1.94. The summed E-state index contributed by atoms with van der Waals surface area (Å²) in [5.41, 5.74) is 0. The first kappa shape index (κ1) is 18.2. The zero-order valence-corrected chi connectivity index (χ0v) is 14.6. The van der Waals surface area contributed by atoms with E-state index >= 15 is 0 Å². The van der Waals surface area contributed by atoms with Crippen LogP contribution < -0.4 is 5.32 Å². The maximum Gasteiger partial charge on any atom is 0.225 e. The van der Waals surface area contributed by atoms with Crippen LogP contribution in [0, 0.1) is 17.8 Å². The molecule has 1 aliphatic heterocycles. The number of hydrogen-bond donors (Lipinski definition) is 2. The second-order valence-electron chi connectivity index (χ2n) is 7.64. The molecule has 23 heavy (non-hydrogen) atoms. The highest BCUT2D eigenvalue weighted by molar-refractivity contribution is 5.89. The highest BCUT2D eigenvalue weighted by Gasteiger charge is 2.38. The largest absolute Gasteiger partial charge is 0.396 e. The normalized spacial score (nSPS) is 23.7. The molecule has 5 nitrogen and oxygen atoms in total. The molecule has 2 fully saturated rings. The topological polar surface area (TPSA) is 69.6 Å². The van der Waals surface area contributed by atoms with E-state index in [0.717, 1.165) is 25.7 Å². The summed E-state index contributed by atoms with van der Waals surface area (Å²) in [7, 11) is 0. The van der Waals surface area contributed by atoms with E-state index in [2.05, 4.69) is 19.2 Å².